The monoisotopic (exact) mass is 345 g/mol. The Morgan fingerprint density at radius 2 is 1.79 bits per heavy atom. The fourth-order valence-corrected chi connectivity index (χ4v) is 4.35. The number of anilines is 1. The summed E-state index contributed by atoms with van der Waals surface area (Å²) in [7, 11) is -3.56. The third kappa shape index (κ3) is 3.76. The zero-order valence-electron chi connectivity index (χ0n) is 13.1. The molecule has 3 rings (SSSR count). The van der Waals surface area contributed by atoms with Crippen LogP contribution in [0.3, 0.4) is 0 Å². The molecule has 0 unspecified atom stereocenters. The molecule has 1 fully saturated rings. The van der Waals surface area contributed by atoms with Crippen LogP contribution in [-0.2, 0) is 10.0 Å². The van der Waals surface area contributed by atoms with Gasteiger partial charge in [-0.15, -0.1) is 0 Å². The number of hydrogen-bond acceptors (Lipinski definition) is 3. The van der Waals surface area contributed by atoms with Gasteiger partial charge >= 0.3 is 5.97 Å². The molecular weight excluding hydrogens is 326 g/mol. The van der Waals surface area contributed by atoms with Crippen LogP contribution in [0.4, 0.5) is 5.69 Å². The van der Waals surface area contributed by atoms with Crippen LogP contribution in [0.2, 0.25) is 0 Å². The molecule has 0 heterocycles. The fourth-order valence-electron chi connectivity index (χ4n) is 2.80. The van der Waals surface area contributed by atoms with Crippen molar-refractivity contribution in [2.75, 3.05) is 10.5 Å². The minimum absolute atomic E-state index is 0.0433. The van der Waals surface area contributed by atoms with Gasteiger partial charge in [-0.25, -0.2) is 13.2 Å². The van der Waals surface area contributed by atoms with Gasteiger partial charge in [0.25, 0.3) is 0 Å². The molecule has 1 saturated carbocycles. The molecule has 5 nitrogen and oxygen atoms in total. The Balaban J connectivity index is 1.93. The largest absolute Gasteiger partial charge is 0.478 e. The zero-order valence-corrected chi connectivity index (χ0v) is 13.9. The van der Waals surface area contributed by atoms with Crippen LogP contribution in [0.5, 0.6) is 0 Å². The van der Waals surface area contributed by atoms with Crippen molar-refractivity contribution in [3.63, 3.8) is 0 Å². The minimum atomic E-state index is -3.56. The Labute approximate surface area is 141 Å². The van der Waals surface area contributed by atoms with Crippen molar-refractivity contribution in [2.24, 2.45) is 5.92 Å². The number of hydrogen-bond donors (Lipinski definition) is 2. The van der Waals surface area contributed by atoms with Gasteiger partial charge in [0.15, 0.2) is 0 Å². The summed E-state index contributed by atoms with van der Waals surface area (Å²) in [5, 5.41) is 9.33. The van der Waals surface area contributed by atoms with Gasteiger partial charge in [0.2, 0.25) is 10.0 Å². The van der Waals surface area contributed by atoms with E-state index in [1.54, 1.807) is 12.1 Å². The second-order valence-electron chi connectivity index (χ2n) is 6.11. The Hall–Kier alpha value is -2.34. The molecule has 126 valence electrons. The van der Waals surface area contributed by atoms with E-state index in [1.165, 1.54) is 6.07 Å². The van der Waals surface area contributed by atoms with Crippen LogP contribution in [0.1, 0.15) is 29.6 Å². The lowest BCUT2D eigenvalue weighted by molar-refractivity contribution is 0.0698. The molecule has 0 amide bonds. The number of carboxylic acids is 1. The van der Waals surface area contributed by atoms with Crippen molar-refractivity contribution in [3.8, 4) is 11.1 Å². The second kappa shape index (κ2) is 6.65. The van der Waals surface area contributed by atoms with E-state index in [4.69, 9.17) is 0 Å². The molecule has 0 bridgehead atoms. The third-order valence-electron chi connectivity index (χ3n) is 4.30. The number of carbonyl (C=O) groups is 1. The number of aromatic carboxylic acids is 1. The van der Waals surface area contributed by atoms with Crippen molar-refractivity contribution in [1.82, 2.24) is 0 Å². The lowest BCUT2D eigenvalue weighted by atomic mass is 9.87. The summed E-state index contributed by atoms with van der Waals surface area (Å²) in [6.45, 7) is 0. The molecule has 1 aliphatic carbocycles. The first kappa shape index (κ1) is 16.5. The molecule has 6 heteroatoms. The topological polar surface area (TPSA) is 83.5 Å². The predicted octanol–water partition coefficient (Wildman–Crippen LogP) is 3.59. The van der Waals surface area contributed by atoms with Crippen molar-refractivity contribution in [2.45, 2.75) is 19.3 Å². The number of carboxylic acid groups (broad SMARTS) is 1. The molecule has 2 N–H and O–H groups in total. The van der Waals surface area contributed by atoms with Crippen molar-refractivity contribution in [3.05, 3.63) is 54.1 Å². The smallest absolute Gasteiger partial charge is 0.337 e. The van der Waals surface area contributed by atoms with Gasteiger partial charge in [-0.05, 0) is 42.0 Å². The highest BCUT2D eigenvalue weighted by Gasteiger charge is 2.25. The van der Waals surface area contributed by atoms with Gasteiger partial charge in [0, 0.05) is 0 Å². The van der Waals surface area contributed by atoms with E-state index in [2.05, 4.69) is 4.72 Å². The number of rotatable bonds is 6. The van der Waals surface area contributed by atoms with E-state index in [9.17, 15) is 18.3 Å². The first-order valence-corrected chi connectivity index (χ1v) is 9.53. The molecule has 0 atom stereocenters. The molecule has 0 radical (unpaired) electrons. The summed E-state index contributed by atoms with van der Waals surface area (Å²) in [4.78, 5) is 11.4. The Kier molecular flexibility index (Phi) is 4.57. The van der Waals surface area contributed by atoms with Crippen LogP contribution in [0.15, 0.2) is 48.5 Å². The standard InChI is InChI=1S/C18H19NO4S/c20-18(21)16-10-9-15(14-7-2-1-3-8-14)11-17(16)19-24(22,23)12-13-5-4-6-13/h1-3,7-11,13,19H,4-6,12H2,(H,20,21). The van der Waals surface area contributed by atoms with Gasteiger partial charge in [-0.2, -0.15) is 0 Å². The zero-order chi connectivity index (χ0) is 17.2. The van der Waals surface area contributed by atoms with Crippen molar-refractivity contribution < 1.29 is 18.3 Å². The molecule has 1 aliphatic rings. The number of nitrogens with one attached hydrogen (secondary N) is 1. The van der Waals surface area contributed by atoms with Crippen LogP contribution < -0.4 is 4.72 Å². The van der Waals surface area contributed by atoms with Gasteiger partial charge in [0.1, 0.15) is 0 Å². The quantitative estimate of drug-likeness (QED) is 0.838. The molecule has 0 aliphatic heterocycles. The van der Waals surface area contributed by atoms with E-state index in [1.807, 2.05) is 30.3 Å². The maximum absolute atomic E-state index is 12.3. The molecule has 0 saturated heterocycles. The fraction of sp³-hybridized carbons (Fsp3) is 0.278. The van der Waals surface area contributed by atoms with Crippen LogP contribution in [0, 0.1) is 5.92 Å². The average Bonchev–Trinajstić information content (AvgIpc) is 2.51. The normalized spacial score (nSPS) is 14.8. The summed E-state index contributed by atoms with van der Waals surface area (Å²) in [6.07, 6.45) is 2.89. The van der Waals surface area contributed by atoms with E-state index < -0.39 is 16.0 Å². The summed E-state index contributed by atoms with van der Waals surface area (Å²) in [5.74, 6) is -0.939. The first-order valence-electron chi connectivity index (χ1n) is 7.88. The summed E-state index contributed by atoms with van der Waals surface area (Å²) >= 11 is 0. The summed E-state index contributed by atoms with van der Waals surface area (Å²) in [5.41, 5.74) is 1.73. The molecule has 24 heavy (non-hydrogen) atoms. The van der Waals surface area contributed by atoms with Crippen molar-refractivity contribution in [1.29, 1.82) is 0 Å². The lowest BCUT2D eigenvalue weighted by Gasteiger charge is -2.25. The van der Waals surface area contributed by atoms with Crippen molar-refractivity contribution >= 4 is 21.7 Å². The van der Waals surface area contributed by atoms with Crippen LogP contribution >= 0.6 is 0 Å². The molecule has 0 spiro atoms. The van der Waals surface area contributed by atoms with E-state index >= 15 is 0 Å². The maximum atomic E-state index is 12.3. The summed E-state index contributed by atoms with van der Waals surface area (Å²) in [6, 6.07) is 14.1. The highest BCUT2D eigenvalue weighted by molar-refractivity contribution is 7.92. The molecule has 0 aromatic heterocycles. The molecule has 2 aromatic carbocycles. The van der Waals surface area contributed by atoms with Gasteiger partial charge in [0.05, 0.1) is 17.0 Å². The highest BCUT2D eigenvalue weighted by atomic mass is 32.2. The van der Waals surface area contributed by atoms with E-state index in [-0.39, 0.29) is 22.9 Å². The number of sulfonamides is 1. The van der Waals surface area contributed by atoms with Crippen LogP contribution in [-0.4, -0.2) is 25.2 Å². The van der Waals surface area contributed by atoms with E-state index in [0.29, 0.717) is 0 Å². The predicted molar refractivity (Wildman–Crippen MR) is 93.6 cm³/mol. The Morgan fingerprint density at radius 1 is 1.08 bits per heavy atom. The Morgan fingerprint density at radius 3 is 2.38 bits per heavy atom. The highest BCUT2D eigenvalue weighted by Crippen LogP contribution is 2.30. The Bertz CT molecular complexity index is 843. The molecular formula is C18H19NO4S. The third-order valence-corrected chi connectivity index (χ3v) is 5.74. The van der Waals surface area contributed by atoms with Gasteiger partial charge in [-0.3, -0.25) is 4.72 Å². The first-order chi connectivity index (χ1) is 11.4. The van der Waals surface area contributed by atoms with Crippen LogP contribution in [0.25, 0.3) is 11.1 Å². The van der Waals surface area contributed by atoms with E-state index in [0.717, 1.165) is 30.4 Å². The average molecular weight is 345 g/mol. The van der Waals surface area contributed by atoms with Gasteiger partial charge < -0.3 is 5.11 Å². The minimum Gasteiger partial charge on any atom is -0.478 e. The SMILES string of the molecule is O=C(O)c1ccc(-c2ccccc2)cc1NS(=O)(=O)CC1CCC1. The second-order valence-corrected chi connectivity index (χ2v) is 7.88. The maximum Gasteiger partial charge on any atom is 0.337 e. The summed E-state index contributed by atoms with van der Waals surface area (Å²) < 4.78 is 27.1. The van der Waals surface area contributed by atoms with Gasteiger partial charge in [-0.1, -0.05) is 42.8 Å². The molecule has 2 aromatic rings. The lowest BCUT2D eigenvalue weighted by Crippen LogP contribution is -2.27. The number of benzene rings is 2.